The smallest absolute Gasteiger partial charge is 0.114 e. The summed E-state index contributed by atoms with van der Waals surface area (Å²) >= 11 is 0. The molecule has 0 aliphatic heterocycles. The standard InChI is InChI=1S/C13H18N4/c1-3-7-17-8-6-16-13(17)10-12-9-11(14-2)4-5-15-12/h4-6,8-9H,3,7,10H2,1-2H3,(H,14,15). The number of hydrogen-bond acceptors (Lipinski definition) is 3. The van der Waals surface area contributed by atoms with Crippen LogP contribution in [-0.4, -0.2) is 21.6 Å². The van der Waals surface area contributed by atoms with Crippen LogP contribution in [0, 0.1) is 0 Å². The van der Waals surface area contributed by atoms with Gasteiger partial charge in [0.05, 0.1) is 0 Å². The highest BCUT2D eigenvalue weighted by molar-refractivity contribution is 5.42. The molecule has 17 heavy (non-hydrogen) atoms. The number of anilines is 1. The Morgan fingerprint density at radius 1 is 1.29 bits per heavy atom. The summed E-state index contributed by atoms with van der Waals surface area (Å²) in [5.41, 5.74) is 2.13. The summed E-state index contributed by atoms with van der Waals surface area (Å²) in [5, 5.41) is 3.12. The van der Waals surface area contributed by atoms with Crippen LogP contribution in [0.4, 0.5) is 5.69 Å². The number of aryl methyl sites for hydroxylation is 1. The molecule has 0 fully saturated rings. The SMILES string of the molecule is CCCn1ccnc1Cc1cc(NC)ccn1. The molecule has 0 saturated heterocycles. The van der Waals surface area contributed by atoms with Gasteiger partial charge in [0.2, 0.25) is 0 Å². The number of nitrogens with zero attached hydrogens (tertiary/aromatic N) is 3. The fraction of sp³-hybridized carbons (Fsp3) is 0.385. The second kappa shape index (κ2) is 5.48. The van der Waals surface area contributed by atoms with Crippen molar-refractivity contribution in [1.82, 2.24) is 14.5 Å². The molecule has 2 aromatic heterocycles. The molecule has 0 aliphatic carbocycles. The first-order valence-electron chi connectivity index (χ1n) is 5.96. The Balaban J connectivity index is 2.16. The highest BCUT2D eigenvalue weighted by Crippen LogP contribution is 2.11. The van der Waals surface area contributed by atoms with Gasteiger partial charge in [0.25, 0.3) is 0 Å². The molecule has 1 N–H and O–H groups in total. The minimum atomic E-state index is 0.780. The van der Waals surface area contributed by atoms with Crippen molar-refractivity contribution < 1.29 is 0 Å². The van der Waals surface area contributed by atoms with Crippen LogP contribution in [0.3, 0.4) is 0 Å². The van der Waals surface area contributed by atoms with Crippen LogP contribution in [-0.2, 0) is 13.0 Å². The van der Waals surface area contributed by atoms with Gasteiger partial charge in [-0.25, -0.2) is 4.98 Å². The molecule has 2 aromatic rings. The number of nitrogens with one attached hydrogen (secondary N) is 1. The maximum Gasteiger partial charge on any atom is 0.114 e. The lowest BCUT2D eigenvalue weighted by Crippen LogP contribution is -2.04. The van der Waals surface area contributed by atoms with E-state index in [1.54, 1.807) is 0 Å². The van der Waals surface area contributed by atoms with Gasteiger partial charge in [0.1, 0.15) is 5.82 Å². The second-order valence-corrected chi connectivity index (χ2v) is 4.00. The Hall–Kier alpha value is -1.84. The fourth-order valence-electron chi connectivity index (χ4n) is 1.84. The molecule has 0 atom stereocenters. The van der Waals surface area contributed by atoms with E-state index in [9.17, 15) is 0 Å². The van der Waals surface area contributed by atoms with Crippen molar-refractivity contribution in [3.05, 3.63) is 42.2 Å². The van der Waals surface area contributed by atoms with Gasteiger partial charge >= 0.3 is 0 Å². The molecule has 4 heteroatoms. The van der Waals surface area contributed by atoms with Crippen molar-refractivity contribution in [3.63, 3.8) is 0 Å². The van der Waals surface area contributed by atoms with E-state index < -0.39 is 0 Å². The van der Waals surface area contributed by atoms with Crippen LogP contribution in [0.5, 0.6) is 0 Å². The summed E-state index contributed by atoms with van der Waals surface area (Å²) < 4.78 is 2.19. The van der Waals surface area contributed by atoms with Crippen molar-refractivity contribution in [3.8, 4) is 0 Å². The lowest BCUT2D eigenvalue weighted by Gasteiger charge is -2.07. The van der Waals surface area contributed by atoms with Gasteiger partial charge in [-0.05, 0) is 18.6 Å². The van der Waals surface area contributed by atoms with Crippen molar-refractivity contribution in [2.45, 2.75) is 26.3 Å². The van der Waals surface area contributed by atoms with Crippen LogP contribution in [0.25, 0.3) is 0 Å². The summed E-state index contributed by atoms with van der Waals surface area (Å²) in [5.74, 6) is 1.08. The summed E-state index contributed by atoms with van der Waals surface area (Å²) in [6, 6.07) is 4.02. The summed E-state index contributed by atoms with van der Waals surface area (Å²) in [6.07, 6.45) is 7.61. The zero-order chi connectivity index (χ0) is 12.1. The monoisotopic (exact) mass is 230 g/mol. The van der Waals surface area contributed by atoms with E-state index in [2.05, 4.69) is 32.8 Å². The minimum absolute atomic E-state index is 0.780. The van der Waals surface area contributed by atoms with E-state index in [-0.39, 0.29) is 0 Å². The highest BCUT2D eigenvalue weighted by atomic mass is 15.1. The lowest BCUT2D eigenvalue weighted by molar-refractivity contribution is 0.645. The average Bonchev–Trinajstić information content (AvgIpc) is 2.78. The summed E-state index contributed by atoms with van der Waals surface area (Å²) in [4.78, 5) is 8.76. The molecule has 0 spiro atoms. The third-order valence-corrected chi connectivity index (χ3v) is 2.71. The summed E-state index contributed by atoms with van der Waals surface area (Å²) in [6.45, 7) is 3.19. The Kier molecular flexibility index (Phi) is 3.75. The third kappa shape index (κ3) is 2.84. The van der Waals surface area contributed by atoms with Crippen LogP contribution < -0.4 is 5.32 Å². The quantitative estimate of drug-likeness (QED) is 0.857. The van der Waals surface area contributed by atoms with Crippen LogP contribution in [0.2, 0.25) is 0 Å². The molecule has 2 heterocycles. The first kappa shape index (κ1) is 11.6. The Morgan fingerprint density at radius 3 is 2.94 bits per heavy atom. The minimum Gasteiger partial charge on any atom is -0.388 e. The van der Waals surface area contributed by atoms with Crippen molar-refractivity contribution in [1.29, 1.82) is 0 Å². The van der Waals surface area contributed by atoms with Gasteiger partial charge in [-0.1, -0.05) is 6.92 Å². The molecule has 0 aromatic carbocycles. The van der Waals surface area contributed by atoms with E-state index in [0.29, 0.717) is 0 Å². The van der Waals surface area contributed by atoms with E-state index in [1.807, 2.05) is 31.7 Å². The normalized spacial score (nSPS) is 10.5. The molecule has 90 valence electrons. The number of hydrogen-bond donors (Lipinski definition) is 1. The van der Waals surface area contributed by atoms with Gasteiger partial charge in [-0.15, -0.1) is 0 Å². The van der Waals surface area contributed by atoms with E-state index in [1.165, 1.54) is 0 Å². The Morgan fingerprint density at radius 2 is 2.18 bits per heavy atom. The molecule has 4 nitrogen and oxygen atoms in total. The Labute approximate surface area is 102 Å². The fourth-order valence-corrected chi connectivity index (χ4v) is 1.84. The van der Waals surface area contributed by atoms with Gasteiger partial charge in [-0.3, -0.25) is 4.98 Å². The van der Waals surface area contributed by atoms with E-state index in [0.717, 1.165) is 36.6 Å². The predicted octanol–water partition coefficient (Wildman–Crippen LogP) is 2.32. The number of rotatable bonds is 5. The molecule has 2 rings (SSSR count). The molecule has 0 bridgehead atoms. The molecule has 0 amide bonds. The first-order chi connectivity index (χ1) is 8.33. The zero-order valence-electron chi connectivity index (χ0n) is 10.3. The molecular formula is C13H18N4. The average molecular weight is 230 g/mol. The summed E-state index contributed by atoms with van der Waals surface area (Å²) in [7, 11) is 1.91. The van der Waals surface area contributed by atoms with Gasteiger partial charge in [0, 0.05) is 50.0 Å². The van der Waals surface area contributed by atoms with Crippen LogP contribution in [0.1, 0.15) is 24.9 Å². The van der Waals surface area contributed by atoms with Gasteiger partial charge in [-0.2, -0.15) is 0 Å². The van der Waals surface area contributed by atoms with Crippen LogP contribution in [0.15, 0.2) is 30.7 Å². The number of aromatic nitrogens is 3. The first-order valence-corrected chi connectivity index (χ1v) is 5.96. The van der Waals surface area contributed by atoms with Gasteiger partial charge in [0.15, 0.2) is 0 Å². The van der Waals surface area contributed by atoms with E-state index >= 15 is 0 Å². The van der Waals surface area contributed by atoms with Crippen molar-refractivity contribution >= 4 is 5.69 Å². The Bertz CT molecular complexity index is 476. The maximum absolute atomic E-state index is 4.39. The second-order valence-electron chi connectivity index (χ2n) is 4.00. The zero-order valence-corrected chi connectivity index (χ0v) is 10.3. The third-order valence-electron chi connectivity index (χ3n) is 2.71. The molecule has 0 aliphatic rings. The molecular weight excluding hydrogens is 212 g/mol. The van der Waals surface area contributed by atoms with Gasteiger partial charge < -0.3 is 9.88 Å². The topological polar surface area (TPSA) is 42.7 Å². The molecule has 0 unspecified atom stereocenters. The van der Waals surface area contributed by atoms with Crippen molar-refractivity contribution in [2.24, 2.45) is 0 Å². The largest absolute Gasteiger partial charge is 0.388 e. The number of imidazole rings is 1. The molecule has 0 saturated carbocycles. The molecule has 0 radical (unpaired) electrons. The van der Waals surface area contributed by atoms with E-state index in [4.69, 9.17) is 0 Å². The number of pyridine rings is 1. The lowest BCUT2D eigenvalue weighted by atomic mass is 10.2. The maximum atomic E-state index is 4.39. The van der Waals surface area contributed by atoms with Crippen molar-refractivity contribution in [2.75, 3.05) is 12.4 Å². The highest BCUT2D eigenvalue weighted by Gasteiger charge is 2.04. The van der Waals surface area contributed by atoms with Crippen LogP contribution >= 0.6 is 0 Å². The predicted molar refractivity (Wildman–Crippen MR) is 69.1 cm³/mol.